The molecule has 1 aliphatic rings. The van der Waals surface area contributed by atoms with E-state index < -0.39 is 36.0 Å². The van der Waals surface area contributed by atoms with Crippen LogP contribution in [0, 0.1) is 17.6 Å². The molecule has 1 atom stereocenters. The molecule has 0 radical (unpaired) electrons. The van der Waals surface area contributed by atoms with E-state index in [1.807, 2.05) is 31.2 Å². The number of ether oxygens (including phenoxy) is 1. The second-order valence-corrected chi connectivity index (χ2v) is 6.71. The molecule has 1 N–H and O–H groups in total. The van der Waals surface area contributed by atoms with Crippen molar-refractivity contribution in [3.63, 3.8) is 0 Å². The van der Waals surface area contributed by atoms with Crippen molar-refractivity contribution in [1.82, 2.24) is 0 Å². The number of hydrogen-bond acceptors (Lipinski definition) is 4. The highest BCUT2D eigenvalue weighted by Crippen LogP contribution is 2.26. The fraction of sp³-hybridized carbons (Fsp3) is 0.286. The van der Waals surface area contributed by atoms with Crippen molar-refractivity contribution in [2.75, 3.05) is 23.4 Å². The summed E-state index contributed by atoms with van der Waals surface area (Å²) in [6, 6.07) is 10.4. The minimum Gasteiger partial charge on any atom is -0.455 e. The fourth-order valence-corrected chi connectivity index (χ4v) is 3.05. The number of esters is 1. The van der Waals surface area contributed by atoms with Gasteiger partial charge in [-0.05, 0) is 36.2 Å². The van der Waals surface area contributed by atoms with Gasteiger partial charge in [-0.15, -0.1) is 0 Å². The Morgan fingerprint density at radius 3 is 2.52 bits per heavy atom. The maximum Gasteiger partial charge on any atom is 0.311 e. The molecule has 152 valence electrons. The van der Waals surface area contributed by atoms with Crippen molar-refractivity contribution in [3.05, 3.63) is 59.7 Å². The summed E-state index contributed by atoms with van der Waals surface area (Å²) in [6.07, 6.45) is 0.884. The topological polar surface area (TPSA) is 75.7 Å². The standard InChI is InChI=1S/C21H20F2N2O4/c1-2-13-3-6-16(7-4-13)25-11-14(9-20(25)27)21(28)29-12-19(26)24-15-5-8-17(22)18(23)10-15/h3-8,10,14H,2,9,11-12H2,1H3,(H,24,26)/t14-/m0/s1. The molecule has 0 spiro atoms. The van der Waals surface area contributed by atoms with E-state index in [4.69, 9.17) is 4.74 Å². The van der Waals surface area contributed by atoms with Gasteiger partial charge in [0, 0.05) is 30.4 Å². The van der Waals surface area contributed by atoms with Crippen LogP contribution in [0.2, 0.25) is 0 Å². The third kappa shape index (κ3) is 4.96. The zero-order chi connectivity index (χ0) is 21.0. The molecular formula is C21H20F2N2O4. The highest BCUT2D eigenvalue weighted by molar-refractivity contribution is 6.00. The molecule has 1 saturated heterocycles. The van der Waals surface area contributed by atoms with Gasteiger partial charge in [0.05, 0.1) is 5.92 Å². The lowest BCUT2D eigenvalue weighted by Gasteiger charge is -2.17. The zero-order valence-corrected chi connectivity index (χ0v) is 15.8. The van der Waals surface area contributed by atoms with Crippen LogP contribution in [0.25, 0.3) is 0 Å². The number of aryl methyl sites for hydroxylation is 1. The Balaban J connectivity index is 1.52. The lowest BCUT2D eigenvalue weighted by molar-refractivity contribution is -0.151. The van der Waals surface area contributed by atoms with Crippen LogP contribution in [0.5, 0.6) is 0 Å². The summed E-state index contributed by atoms with van der Waals surface area (Å²) in [7, 11) is 0. The molecule has 2 amide bonds. The molecule has 1 fully saturated rings. The quantitative estimate of drug-likeness (QED) is 0.754. The number of benzene rings is 2. The summed E-state index contributed by atoms with van der Waals surface area (Å²) in [5.41, 5.74) is 1.89. The number of carbonyl (C=O) groups excluding carboxylic acids is 3. The Bertz CT molecular complexity index is 931. The number of anilines is 2. The lowest BCUT2D eigenvalue weighted by atomic mass is 10.1. The van der Waals surface area contributed by atoms with Crippen LogP contribution in [0.3, 0.4) is 0 Å². The second-order valence-electron chi connectivity index (χ2n) is 6.71. The molecule has 8 heteroatoms. The molecule has 6 nitrogen and oxygen atoms in total. The Morgan fingerprint density at radius 2 is 1.86 bits per heavy atom. The molecule has 3 rings (SSSR count). The Kier molecular flexibility index (Phi) is 6.21. The molecule has 1 heterocycles. The number of nitrogens with one attached hydrogen (secondary N) is 1. The molecule has 0 unspecified atom stereocenters. The van der Waals surface area contributed by atoms with Crippen LogP contribution in [-0.2, 0) is 25.5 Å². The minimum atomic E-state index is -1.10. The van der Waals surface area contributed by atoms with Crippen LogP contribution in [0.4, 0.5) is 20.2 Å². The molecule has 0 aromatic heterocycles. The number of hydrogen-bond donors (Lipinski definition) is 1. The van der Waals surface area contributed by atoms with Crippen molar-refractivity contribution in [3.8, 4) is 0 Å². The van der Waals surface area contributed by atoms with E-state index in [0.717, 1.165) is 24.1 Å². The van der Waals surface area contributed by atoms with E-state index in [0.29, 0.717) is 5.69 Å². The minimum absolute atomic E-state index is 0.000838. The summed E-state index contributed by atoms with van der Waals surface area (Å²) in [4.78, 5) is 37.9. The predicted molar refractivity (Wildman–Crippen MR) is 102 cm³/mol. The van der Waals surface area contributed by atoms with Crippen LogP contribution in [-0.4, -0.2) is 30.9 Å². The predicted octanol–water partition coefficient (Wildman–Crippen LogP) is 3.06. The number of amides is 2. The van der Waals surface area contributed by atoms with Gasteiger partial charge in [0.1, 0.15) is 0 Å². The number of rotatable bonds is 6. The molecule has 0 bridgehead atoms. The maximum atomic E-state index is 13.2. The molecule has 0 aliphatic carbocycles. The second kappa shape index (κ2) is 8.81. The van der Waals surface area contributed by atoms with Gasteiger partial charge in [-0.3, -0.25) is 14.4 Å². The molecule has 0 saturated carbocycles. The van der Waals surface area contributed by atoms with Gasteiger partial charge in [0.25, 0.3) is 5.91 Å². The summed E-state index contributed by atoms with van der Waals surface area (Å²) in [6.45, 7) is 1.62. The van der Waals surface area contributed by atoms with Crippen molar-refractivity contribution in [2.24, 2.45) is 5.92 Å². The lowest BCUT2D eigenvalue weighted by Crippen LogP contribution is -2.28. The SMILES string of the molecule is CCc1ccc(N2C[C@@H](C(=O)OCC(=O)Nc3ccc(F)c(F)c3)CC2=O)cc1. The average Bonchev–Trinajstić information content (AvgIpc) is 3.11. The normalized spacial score (nSPS) is 16.0. The van der Waals surface area contributed by atoms with E-state index >= 15 is 0 Å². The number of nitrogens with zero attached hydrogens (tertiary/aromatic N) is 1. The van der Waals surface area contributed by atoms with Gasteiger partial charge in [-0.25, -0.2) is 8.78 Å². The summed E-state index contributed by atoms with van der Waals surface area (Å²) in [5.74, 6) is -4.36. The van der Waals surface area contributed by atoms with E-state index in [2.05, 4.69) is 5.32 Å². The van der Waals surface area contributed by atoms with Gasteiger partial charge in [0.15, 0.2) is 18.2 Å². The number of carbonyl (C=O) groups is 3. The molecule has 1 aliphatic heterocycles. The summed E-state index contributed by atoms with van der Waals surface area (Å²) in [5, 5.41) is 2.31. The van der Waals surface area contributed by atoms with E-state index in [1.54, 1.807) is 0 Å². The molecular weight excluding hydrogens is 382 g/mol. The Hall–Kier alpha value is -3.29. The summed E-state index contributed by atoms with van der Waals surface area (Å²) >= 11 is 0. The highest BCUT2D eigenvalue weighted by Gasteiger charge is 2.36. The van der Waals surface area contributed by atoms with Crippen molar-refractivity contribution in [2.45, 2.75) is 19.8 Å². The monoisotopic (exact) mass is 402 g/mol. The van der Waals surface area contributed by atoms with Crippen molar-refractivity contribution < 1.29 is 27.9 Å². The van der Waals surface area contributed by atoms with Gasteiger partial charge < -0.3 is 15.0 Å². The Labute approximate surface area is 166 Å². The maximum absolute atomic E-state index is 13.2. The molecule has 29 heavy (non-hydrogen) atoms. The van der Waals surface area contributed by atoms with E-state index in [-0.39, 0.29) is 24.6 Å². The molecule has 2 aromatic rings. The van der Waals surface area contributed by atoms with Gasteiger partial charge >= 0.3 is 5.97 Å². The van der Waals surface area contributed by atoms with Gasteiger partial charge in [0.2, 0.25) is 5.91 Å². The first-order chi connectivity index (χ1) is 13.9. The van der Waals surface area contributed by atoms with E-state index in [9.17, 15) is 23.2 Å². The van der Waals surface area contributed by atoms with Crippen LogP contribution in [0.1, 0.15) is 18.9 Å². The van der Waals surface area contributed by atoms with Crippen molar-refractivity contribution in [1.29, 1.82) is 0 Å². The van der Waals surface area contributed by atoms with Gasteiger partial charge in [-0.1, -0.05) is 19.1 Å². The zero-order valence-electron chi connectivity index (χ0n) is 15.8. The summed E-state index contributed by atoms with van der Waals surface area (Å²) < 4.78 is 31.0. The van der Waals surface area contributed by atoms with Crippen molar-refractivity contribution >= 4 is 29.2 Å². The molecule has 2 aromatic carbocycles. The van der Waals surface area contributed by atoms with Crippen LogP contribution in [0.15, 0.2) is 42.5 Å². The van der Waals surface area contributed by atoms with Gasteiger partial charge in [-0.2, -0.15) is 0 Å². The first kappa shape index (κ1) is 20.4. The first-order valence-electron chi connectivity index (χ1n) is 9.18. The first-order valence-corrected chi connectivity index (χ1v) is 9.18. The highest BCUT2D eigenvalue weighted by atomic mass is 19.2. The number of halogens is 2. The average molecular weight is 402 g/mol. The smallest absolute Gasteiger partial charge is 0.311 e. The van der Waals surface area contributed by atoms with Crippen LogP contribution >= 0.6 is 0 Å². The van der Waals surface area contributed by atoms with Crippen LogP contribution < -0.4 is 10.2 Å². The largest absolute Gasteiger partial charge is 0.455 e. The third-order valence-electron chi connectivity index (χ3n) is 4.66. The fourth-order valence-electron chi connectivity index (χ4n) is 3.05. The third-order valence-corrected chi connectivity index (χ3v) is 4.66. The Morgan fingerprint density at radius 1 is 1.14 bits per heavy atom. The van der Waals surface area contributed by atoms with E-state index in [1.165, 1.54) is 11.0 Å².